The molecule has 1 aliphatic carbocycles. The van der Waals surface area contributed by atoms with E-state index in [4.69, 9.17) is 25.8 Å². The molecule has 2 aliphatic heterocycles. The van der Waals surface area contributed by atoms with E-state index < -0.39 is 37.1 Å². The molecule has 0 bridgehead atoms. The fourth-order valence-corrected chi connectivity index (χ4v) is 5.57. The first kappa shape index (κ1) is 25.0. The second-order valence-corrected chi connectivity index (χ2v) is 10.6. The Hall–Kier alpha value is -1.71. The van der Waals surface area contributed by atoms with Gasteiger partial charge in [-0.05, 0) is 67.0 Å². The molecule has 2 aromatic carbocycles. The lowest BCUT2D eigenvalue weighted by Crippen LogP contribution is -2.55. The van der Waals surface area contributed by atoms with Crippen molar-refractivity contribution >= 4 is 11.6 Å². The summed E-state index contributed by atoms with van der Waals surface area (Å²) in [5, 5.41) is 40.7. The number of hydrogen-bond acceptors (Lipinski definition) is 7. The number of benzene rings is 2. The van der Waals surface area contributed by atoms with E-state index in [0.29, 0.717) is 22.4 Å². The SMILES string of the molecule is OC[C@H]1O[C@H](c2ccc(Cl)c(Cc3ccc(OC4CCC5(CC4)COC5)cc3)c2)[C@H](O)[C@@H](O)[C@@H]1O. The molecule has 4 N–H and O–H groups in total. The lowest BCUT2D eigenvalue weighted by atomic mass is 9.72. The van der Waals surface area contributed by atoms with Gasteiger partial charge in [0.1, 0.15) is 36.3 Å². The topological polar surface area (TPSA) is 109 Å². The minimum absolute atomic E-state index is 0.247. The number of halogens is 1. The smallest absolute Gasteiger partial charge is 0.119 e. The summed E-state index contributed by atoms with van der Waals surface area (Å²) in [5.74, 6) is 0.862. The molecule has 5 atom stereocenters. The predicted molar refractivity (Wildman–Crippen MR) is 130 cm³/mol. The summed E-state index contributed by atoms with van der Waals surface area (Å²) in [7, 11) is 0. The highest BCUT2D eigenvalue weighted by atomic mass is 35.5. The van der Waals surface area contributed by atoms with E-state index in [1.165, 1.54) is 12.8 Å². The summed E-state index contributed by atoms with van der Waals surface area (Å²) in [6.45, 7) is 1.33. The zero-order chi connectivity index (χ0) is 24.6. The van der Waals surface area contributed by atoms with Crippen LogP contribution in [0.5, 0.6) is 5.75 Å². The van der Waals surface area contributed by atoms with Crippen LogP contribution in [0.3, 0.4) is 0 Å². The fraction of sp³-hybridized carbons (Fsp3) is 0.556. The summed E-state index contributed by atoms with van der Waals surface area (Å²) in [4.78, 5) is 0. The quantitative estimate of drug-likeness (QED) is 0.479. The van der Waals surface area contributed by atoms with Crippen molar-refractivity contribution in [3.8, 4) is 5.75 Å². The third kappa shape index (κ3) is 5.23. The molecule has 2 heterocycles. The molecule has 0 amide bonds. The normalized spacial score (nSPS) is 30.7. The maximum absolute atomic E-state index is 10.5. The van der Waals surface area contributed by atoms with Crippen molar-refractivity contribution in [2.24, 2.45) is 5.41 Å². The van der Waals surface area contributed by atoms with Crippen LogP contribution in [0, 0.1) is 5.41 Å². The Morgan fingerprint density at radius 1 is 0.943 bits per heavy atom. The van der Waals surface area contributed by atoms with Crippen molar-refractivity contribution in [2.45, 2.75) is 68.7 Å². The number of hydrogen-bond donors (Lipinski definition) is 4. The van der Waals surface area contributed by atoms with Crippen molar-refractivity contribution in [2.75, 3.05) is 19.8 Å². The molecule has 2 aromatic rings. The van der Waals surface area contributed by atoms with Gasteiger partial charge in [0, 0.05) is 10.4 Å². The average Bonchev–Trinajstić information content (AvgIpc) is 2.85. The molecule has 0 unspecified atom stereocenters. The van der Waals surface area contributed by atoms with E-state index in [2.05, 4.69) is 0 Å². The Morgan fingerprint density at radius 3 is 2.29 bits per heavy atom. The Kier molecular flexibility index (Phi) is 7.38. The lowest BCUT2D eigenvalue weighted by Gasteiger charge is -2.46. The van der Waals surface area contributed by atoms with E-state index in [1.807, 2.05) is 30.3 Å². The second-order valence-electron chi connectivity index (χ2n) is 10.2. The summed E-state index contributed by atoms with van der Waals surface area (Å²) >= 11 is 6.46. The van der Waals surface area contributed by atoms with E-state index in [1.54, 1.807) is 12.1 Å². The van der Waals surface area contributed by atoms with Crippen LogP contribution in [-0.4, -0.2) is 70.8 Å². The van der Waals surface area contributed by atoms with Crippen LogP contribution in [0.1, 0.15) is 48.5 Å². The first-order valence-electron chi connectivity index (χ1n) is 12.3. The molecule has 8 heteroatoms. The van der Waals surface area contributed by atoms with Gasteiger partial charge in [-0.2, -0.15) is 0 Å². The Bertz CT molecular complexity index is 997. The predicted octanol–water partition coefficient (Wildman–Crippen LogP) is 2.78. The fourth-order valence-electron chi connectivity index (χ4n) is 5.38. The zero-order valence-corrected chi connectivity index (χ0v) is 20.3. The molecule has 3 fully saturated rings. The number of rotatable bonds is 6. The monoisotopic (exact) mass is 504 g/mol. The third-order valence-corrected chi connectivity index (χ3v) is 8.09. The molecule has 1 saturated carbocycles. The Balaban J connectivity index is 1.23. The first-order chi connectivity index (χ1) is 16.9. The molecule has 1 spiro atoms. The zero-order valence-electron chi connectivity index (χ0n) is 19.6. The van der Waals surface area contributed by atoms with E-state index in [0.717, 1.165) is 42.9 Å². The van der Waals surface area contributed by atoms with Gasteiger partial charge in [-0.15, -0.1) is 0 Å². The highest BCUT2D eigenvalue weighted by Crippen LogP contribution is 2.43. The summed E-state index contributed by atoms with van der Waals surface area (Å²) in [6, 6.07) is 13.3. The standard InChI is InChI=1S/C27H33ClO7/c28-21-6-3-17(26-25(32)24(31)23(30)22(13-29)35-26)12-18(21)11-16-1-4-19(5-2-16)34-20-7-9-27(10-8-20)14-33-15-27/h1-6,12,20,22-26,29-32H,7-11,13-15H2/t22-,23-,24+,25-,26-/m1/s1. The van der Waals surface area contributed by atoms with Gasteiger partial charge in [-0.3, -0.25) is 0 Å². The number of aliphatic hydroxyl groups excluding tert-OH is 4. The summed E-state index contributed by atoms with van der Waals surface area (Å²) in [5.41, 5.74) is 2.93. The van der Waals surface area contributed by atoms with Gasteiger partial charge in [0.2, 0.25) is 0 Å². The molecule has 3 aliphatic rings. The van der Waals surface area contributed by atoms with Crippen LogP contribution in [0.2, 0.25) is 5.02 Å². The van der Waals surface area contributed by atoms with Crippen molar-refractivity contribution in [3.63, 3.8) is 0 Å². The van der Waals surface area contributed by atoms with E-state index in [-0.39, 0.29) is 6.10 Å². The van der Waals surface area contributed by atoms with Crippen LogP contribution >= 0.6 is 11.6 Å². The summed E-state index contributed by atoms with van der Waals surface area (Å²) < 4.78 is 17.3. The van der Waals surface area contributed by atoms with Crippen molar-refractivity contribution in [1.29, 1.82) is 0 Å². The minimum Gasteiger partial charge on any atom is -0.490 e. The van der Waals surface area contributed by atoms with E-state index in [9.17, 15) is 20.4 Å². The molecular formula is C27H33ClO7. The third-order valence-electron chi connectivity index (χ3n) is 7.72. The van der Waals surface area contributed by atoms with Crippen LogP contribution < -0.4 is 4.74 Å². The van der Waals surface area contributed by atoms with Crippen molar-refractivity contribution in [3.05, 3.63) is 64.2 Å². The minimum atomic E-state index is -1.42. The highest BCUT2D eigenvalue weighted by Gasteiger charge is 2.44. The van der Waals surface area contributed by atoms with Gasteiger partial charge in [0.05, 0.1) is 25.9 Å². The number of ether oxygens (including phenoxy) is 3. The molecular weight excluding hydrogens is 472 g/mol. The Morgan fingerprint density at radius 2 is 1.66 bits per heavy atom. The molecule has 0 radical (unpaired) electrons. The molecule has 5 rings (SSSR count). The van der Waals surface area contributed by atoms with Gasteiger partial charge in [-0.1, -0.05) is 35.9 Å². The molecule has 2 saturated heterocycles. The van der Waals surface area contributed by atoms with Crippen LogP contribution in [0.25, 0.3) is 0 Å². The second kappa shape index (κ2) is 10.3. The maximum Gasteiger partial charge on any atom is 0.119 e. The van der Waals surface area contributed by atoms with Crippen molar-refractivity contribution < 1.29 is 34.6 Å². The average molecular weight is 505 g/mol. The summed E-state index contributed by atoms with van der Waals surface area (Å²) in [6.07, 6.45) is -0.720. The van der Waals surface area contributed by atoms with Gasteiger partial charge in [-0.25, -0.2) is 0 Å². The van der Waals surface area contributed by atoms with E-state index >= 15 is 0 Å². The van der Waals surface area contributed by atoms with Crippen LogP contribution in [0.4, 0.5) is 0 Å². The molecule has 35 heavy (non-hydrogen) atoms. The Labute approximate surface area is 210 Å². The lowest BCUT2D eigenvalue weighted by molar-refractivity contribution is -0.231. The molecule has 7 nitrogen and oxygen atoms in total. The van der Waals surface area contributed by atoms with Gasteiger partial charge in [0.15, 0.2) is 0 Å². The largest absolute Gasteiger partial charge is 0.490 e. The highest BCUT2D eigenvalue weighted by molar-refractivity contribution is 6.31. The molecule has 0 aromatic heterocycles. The van der Waals surface area contributed by atoms with Crippen LogP contribution in [-0.2, 0) is 15.9 Å². The first-order valence-corrected chi connectivity index (χ1v) is 12.7. The number of aliphatic hydroxyl groups is 4. The van der Waals surface area contributed by atoms with Gasteiger partial charge < -0.3 is 34.6 Å². The van der Waals surface area contributed by atoms with Crippen molar-refractivity contribution in [1.82, 2.24) is 0 Å². The van der Waals surface area contributed by atoms with Gasteiger partial charge in [0.25, 0.3) is 0 Å². The van der Waals surface area contributed by atoms with Crippen LogP contribution in [0.15, 0.2) is 42.5 Å². The van der Waals surface area contributed by atoms with Gasteiger partial charge >= 0.3 is 0 Å². The molecule has 190 valence electrons. The maximum atomic E-state index is 10.5.